The minimum atomic E-state index is -0.714. The van der Waals surface area contributed by atoms with Gasteiger partial charge in [0.25, 0.3) is 0 Å². The molecule has 0 unspecified atom stereocenters. The topological polar surface area (TPSA) is 34.6 Å². The molecule has 1 aromatic rings. The first-order chi connectivity index (χ1) is 9.18. The highest BCUT2D eigenvalue weighted by Gasteiger charge is 2.52. The lowest BCUT2D eigenvalue weighted by Crippen LogP contribution is -2.41. The first kappa shape index (κ1) is 15.3. The molecule has 0 atom stereocenters. The van der Waals surface area contributed by atoms with Gasteiger partial charge in [-0.25, -0.2) is 4.98 Å². The molecule has 4 nitrogen and oxygen atoms in total. The van der Waals surface area contributed by atoms with Crippen LogP contribution in [0, 0.1) is 5.95 Å². The summed E-state index contributed by atoms with van der Waals surface area (Å²) in [7, 11) is 1.16. The Morgan fingerprint density at radius 3 is 2.20 bits per heavy atom. The third-order valence-electron chi connectivity index (χ3n) is 4.24. The number of aromatic nitrogens is 1. The van der Waals surface area contributed by atoms with Gasteiger partial charge in [0.05, 0.1) is 11.2 Å². The summed E-state index contributed by atoms with van der Waals surface area (Å²) in [5.41, 5.74) is -0.622. The van der Waals surface area contributed by atoms with E-state index in [9.17, 15) is 4.39 Å². The van der Waals surface area contributed by atoms with E-state index in [0.29, 0.717) is 11.3 Å². The van der Waals surface area contributed by atoms with E-state index in [0.717, 1.165) is 6.54 Å². The van der Waals surface area contributed by atoms with Crippen LogP contribution < -0.4 is 10.4 Å². The minimum Gasteiger partial charge on any atom is -0.399 e. The van der Waals surface area contributed by atoms with Crippen LogP contribution in [0.15, 0.2) is 12.1 Å². The third kappa shape index (κ3) is 2.54. The Morgan fingerprint density at radius 2 is 1.75 bits per heavy atom. The van der Waals surface area contributed by atoms with Crippen LogP contribution in [0.2, 0.25) is 0 Å². The van der Waals surface area contributed by atoms with Gasteiger partial charge in [-0.2, -0.15) is 4.39 Å². The van der Waals surface area contributed by atoms with E-state index in [1.54, 1.807) is 12.1 Å². The molecule has 0 radical (unpaired) electrons. The number of pyridine rings is 1. The molecule has 20 heavy (non-hydrogen) atoms. The van der Waals surface area contributed by atoms with E-state index in [1.165, 1.54) is 0 Å². The predicted octanol–water partition coefficient (Wildman–Crippen LogP) is 1.98. The summed E-state index contributed by atoms with van der Waals surface area (Å²) in [6, 6.07) is 3.47. The Hall–Kier alpha value is -1.14. The normalized spacial score (nSPS) is 20.2. The van der Waals surface area contributed by atoms with Crippen molar-refractivity contribution in [2.24, 2.45) is 0 Å². The predicted molar refractivity (Wildman–Crippen MR) is 78.9 cm³/mol. The van der Waals surface area contributed by atoms with E-state index in [4.69, 9.17) is 9.31 Å². The Balaban J connectivity index is 2.28. The molecule has 1 fully saturated rings. The largest absolute Gasteiger partial charge is 0.499 e. The molecule has 0 spiro atoms. The second kappa shape index (κ2) is 5.00. The van der Waals surface area contributed by atoms with Gasteiger partial charge in [-0.3, -0.25) is 0 Å². The maximum Gasteiger partial charge on any atom is 0.499 e. The van der Waals surface area contributed by atoms with Gasteiger partial charge in [0.2, 0.25) is 5.95 Å². The fraction of sp³-hybridized carbons (Fsp3) is 0.643. The first-order valence-corrected chi connectivity index (χ1v) is 6.91. The SMILES string of the molecule is CCN(C)c1ccc(B2OC(C)(C)C(C)(C)O2)c(F)n1. The molecular weight excluding hydrogens is 258 g/mol. The molecule has 2 heterocycles. The van der Waals surface area contributed by atoms with Gasteiger partial charge >= 0.3 is 7.12 Å². The molecule has 0 aromatic carbocycles. The van der Waals surface area contributed by atoms with Crippen LogP contribution >= 0.6 is 0 Å². The smallest absolute Gasteiger partial charge is 0.399 e. The van der Waals surface area contributed by atoms with E-state index in [-0.39, 0.29) is 0 Å². The van der Waals surface area contributed by atoms with Crippen molar-refractivity contribution in [3.8, 4) is 0 Å². The average Bonchev–Trinajstić information content (AvgIpc) is 2.57. The van der Waals surface area contributed by atoms with Crippen molar-refractivity contribution >= 4 is 18.4 Å². The van der Waals surface area contributed by atoms with E-state index in [1.807, 2.05) is 46.6 Å². The van der Waals surface area contributed by atoms with E-state index in [2.05, 4.69) is 4.98 Å². The molecule has 0 amide bonds. The van der Waals surface area contributed by atoms with Crippen molar-refractivity contribution in [1.82, 2.24) is 4.98 Å². The van der Waals surface area contributed by atoms with Crippen molar-refractivity contribution < 1.29 is 13.7 Å². The zero-order valence-electron chi connectivity index (χ0n) is 13.0. The number of halogens is 1. The Morgan fingerprint density at radius 1 is 1.20 bits per heavy atom. The second-order valence-electron chi connectivity index (χ2n) is 6.15. The maximum atomic E-state index is 14.2. The lowest BCUT2D eigenvalue weighted by molar-refractivity contribution is 0.00578. The summed E-state index contributed by atoms with van der Waals surface area (Å²) < 4.78 is 25.9. The molecule has 0 saturated carbocycles. The molecule has 1 aliphatic rings. The summed E-state index contributed by atoms with van der Waals surface area (Å²) >= 11 is 0. The number of hydrogen-bond acceptors (Lipinski definition) is 4. The van der Waals surface area contributed by atoms with Crippen LogP contribution in [0.25, 0.3) is 0 Å². The standard InChI is InChI=1S/C14H22BFN2O2/c1-7-18(6)11-9-8-10(12(16)17-11)15-19-13(2,3)14(4,5)20-15/h8-9H,7H2,1-6H3. The zero-order chi connectivity index (χ0) is 15.1. The van der Waals surface area contributed by atoms with Crippen LogP contribution in [0.1, 0.15) is 34.6 Å². The molecule has 1 saturated heterocycles. The highest BCUT2D eigenvalue weighted by molar-refractivity contribution is 6.62. The summed E-state index contributed by atoms with van der Waals surface area (Å²) in [5.74, 6) is 0.0616. The zero-order valence-corrected chi connectivity index (χ0v) is 13.0. The van der Waals surface area contributed by atoms with E-state index >= 15 is 0 Å². The molecule has 2 rings (SSSR count). The fourth-order valence-corrected chi connectivity index (χ4v) is 1.96. The van der Waals surface area contributed by atoms with Crippen LogP contribution in [0.5, 0.6) is 0 Å². The van der Waals surface area contributed by atoms with Crippen molar-refractivity contribution in [2.75, 3.05) is 18.5 Å². The molecule has 0 bridgehead atoms. The Kier molecular flexibility index (Phi) is 3.82. The van der Waals surface area contributed by atoms with Gasteiger partial charge in [-0.1, -0.05) is 6.07 Å². The maximum absolute atomic E-state index is 14.2. The van der Waals surface area contributed by atoms with Crippen molar-refractivity contribution in [3.63, 3.8) is 0 Å². The number of hydrogen-bond donors (Lipinski definition) is 0. The highest BCUT2D eigenvalue weighted by atomic mass is 19.1. The number of nitrogens with zero attached hydrogens (tertiary/aromatic N) is 2. The van der Waals surface area contributed by atoms with Crippen LogP contribution in [0.4, 0.5) is 10.2 Å². The summed E-state index contributed by atoms with van der Waals surface area (Å²) in [5, 5.41) is 0. The monoisotopic (exact) mass is 280 g/mol. The van der Waals surface area contributed by atoms with E-state index < -0.39 is 24.3 Å². The highest BCUT2D eigenvalue weighted by Crippen LogP contribution is 2.36. The van der Waals surface area contributed by atoms with Crippen LogP contribution in [-0.2, 0) is 9.31 Å². The van der Waals surface area contributed by atoms with Gasteiger partial charge in [0.15, 0.2) is 0 Å². The number of rotatable bonds is 3. The van der Waals surface area contributed by atoms with Gasteiger partial charge in [0, 0.05) is 19.1 Å². The van der Waals surface area contributed by atoms with Gasteiger partial charge in [-0.05, 0) is 40.7 Å². The lowest BCUT2D eigenvalue weighted by Gasteiger charge is -2.32. The molecule has 6 heteroatoms. The average molecular weight is 280 g/mol. The molecule has 0 aliphatic carbocycles. The van der Waals surface area contributed by atoms with Gasteiger partial charge in [-0.15, -0.1) is 0 Å². The van der Waals surface area contributed by atoms with Crippen molar-refractivity contribution in [2.45, 2.75) is 45.8 Å². The Labute approximate surface area is 120 Å². The van der Waals surface area contributed by atoms with Crippen molar-refractivity contribution in [3.05, 3.63) is 18.1 Å². The summed E-state index contributed by atoms with van der Waals surface area (Å²) in [6.45, 7) is 10.5. The fourth-order valence-electron chi connectivity index (χ4n) is 1.96. The quantitative estimate of drug-likeness (QED) is 0.626. The molecule has 110 valence electrons. The molecule has 1 aliphatic heterocycles. The summed E-state index contributed by atoms with van der Waals surface area (Å²) in [4.78, 5) is 5.86. The van der Waals surface area contributed by atoms with Crippen LogP contribution in [0.3, 0.4) is 0 Å². The second-order valence-corrected chi connectivity index (χ2v) is 6.15. The Bertz CT molecular complexity index is 492. The summed E-state index contributed by atoms with van der Waals surface area (Å²) in [6.07, 6.45) is 0. The third-order valence-corrected chi connectivity index (χ3v) is 4.24. The lowest BCUT2D eigenvalue weighted by atomic mass is 9.80. The van der Waals surface area contributed by atoms with Gasteiger partial charge < -0.3 is 14.2 Å². The van der Waals surface area contributed by atoms with Crippen molar-refractivity contribution in [1.29, 1.82) is 0 Å². The molecule has 0 N–H and O–H groups in total. The minimum absolute atomic E-state index is 0.344. The number of anilines is 1. The molecule has 1 aromatic heterocycles. The molecular formula is C14H22BFN2O2. The first-order valence-electron chi connectivity index (χ1n) is 6.91. The van der Waals surface area contributed by atoms with Gasteiger partial charge in [0.1, 0.15) is 5.82 Å². The van der Waals surface area contributed by atoms with Crippen LogP contribution in [-0.4, -0.2) is 36.9 Å².